The lowest BCUT2D eigenvalue weighted by atomic mass is 9.96. The van der Waals surface area contributed by atoms with Crippen LogP contribution in [0.2, 0.25) is 0 Å². The second-order valence-electron chi connectivity index (χ2n) is 6.80. The van der Waals surface area contributed by atoms with Crippen LogP contribution in [-0.2, 0) is 9.59 Å². The van der Waals surface area contributed by atoms with Crippen molar-refractivity contribution in [2.24, 2.45) is 0 Å². The predicted octanol–water partition coefficient (Wildman–Crippen LogP) is 2.46. The van der Waals surface area contributed by atoms with Gasteiger partial charge in [0.25, 0.3) is 11.7 Å². The van der Waals surface area contributed by atoms with Crippen LogP contribution in [0.5, 0.6) is 0 Å². The number of nitrogens with zero attached hydrogens (tertiary/aromatic N) is 3. The number of hydrogen-bond acceptors (Lipinski definition) is 5. The highest BCUT2D eigenvalue weighted by Gasteiger charge is 2.45. The van der Waals surface area contributed by atoms with Gasteiger partial charge in [-0.05, 0) is 38.7 Å². The summed E-state index contributed by atoms with van der Waals surface area (Å²) < 4.78 is 0. The molecule has 140 valence electrons. The largest absolute Gasteiger partial charge is 0.507 e. The van der Waals surface area contributed by atoms with Crippen LogP contribution >= 0.6 is 0 Å². The maximum atomic E-state index is 12.8. The number of pyridine rings is 1. The molecular weight excluding hydrogens is 342 g/mol. The van der Waals surface area contributed by atoms with E-state index in [9.17, 15) is 14.7 Å². The van der Waals surface area contributed by atoms with Gasteiger partial charge in [0.15, 0.2) is 0 Å². The lowest BCUT2D eigenvalue weighted by Gasteiger charge is -2.25. The van der Waals surface area contributed by atoms with Gasteiger partial charge in [-0.1, -0.05) is 36.4 Å². The molecular formula is C21H23N3O3. The molecule has 0 spiro atoms. The molecule has 1 atom stereocenters. The van der Waals surface area contributed by atoms with Crippen LogP contribution in [0.25, 0.3) is 5.76 Å². The third-order valence-electron chi connectivity index (χ3n) is 4.59. The summed E-state index contributed by atoms with van der Waals surface area (Å²) in [6, 6.07) is 11.8. The van der Waals surface area contributed by atoms with E-state index in [0.717, 1.165) is 13.0 Å². The van der Waals surface area contributed by atoms with Crippen molar-refractivity contribution in [1.29, 1.82) is 0 Å². The Morgan fingerprint density at radius 1 is 1.15 bits per heavy atom. The highest BCUT2D eigenvalue weighted by molar-refractivity contribution is 6.46. The van der Waals surface area contributed by atoms with Crippen LogP contribution in [0.3, 0.4) is 0 Å². The molecule has 1 aliphatic heterocycles. The summed E-state index contributed by atoms with van der Waals surface area (Å²) in [4.78, 5) is 33.2. The van der Waals surface area contributed by atoms with Gasteiger partial charge in [-0.25, -0.2) is 0 Å². The van der Waals surface area contributed by atoms with Crippen LogP contribution < -0.4 is 0 Å². The van der Waals surface area contributed by atoms with Crippen molar-refractivity contribution < 1.29 is 14.7 Å². The van der Waals surface area contributed by atoms with Gasteiger partial charge in [0.1, 0.15) is 5.76 Å². The minimum atomic E-state index is -0.657. The molecule has 1 aromatic heterocycles. The zero-order valence-electron chi connectivity index (χ0n) is 15.5. The molecule has 1 saturated heterocycles. The van der Waals surface area contributed by atoms with Gasteiger partial charge >= 0.3 is 0 Å². The Balaban J connectivity index is 2.05. The quantitative estimate of drug-likeness (QED) is 0.484. The van der Waals surface area contributed by atoms with Crippen LogP contribution in [-0.4, -0.2) is 58.8 Å². The zero-order valence-corrected chi connectivity index (χ0v) is 15.5. The molecule has 0 radical (unpaired) electrons. The molecule has 0 bridgehead atoms. The van der Waals surface area contributed by atoms with E-state index in [1.165, 1.54) is 4.90 Å². The number of carbonyl (C=O) groups is 2. The van der Waals surface area contributed by atoms with Gasteiger partial charge in [0.2, 0.25) is 0 Å². The van der Waals surface area contributed by atoms with E-state index in [-0.39, 0.29) is 11.3 Å². The fourth-order valence-corrected chi connectivity index (χ4v) is 3.30. The normalized spacial score (nSPS) is 19.1. The standard InChI is InChI=1S/C21H23N3O3/c1-23(2)12-7-13-24-18(16-10-6-11-22-14-16)17(20(26)21(24)27)19(25)15-8-4-3-5-9-15/h3-6,8-11,14,18,25H,7,12-13H2,1-2H3/t18-/m0/s1. The number of Topliss-reactive ketones (excluding diaryl/α,β-unsaturated/α-hetero) is 1. The van der Waals surface area contributed by atoms with Crippen molar-refractivity contribution in [3.63, 3.8) is 0 Å². The lowest BCUT2D eigenvalue weighted by molar-refractivity contribution is -0.139. The maximum absolute atomic E-state index is 12.8. The number of amides is 1. The summed E-state index contributed by atoms with van der Waals surface area (Å²) in [5.74, 6) is -1.40. The second kappa shape index (κ2) is 8.14. The van der Waals surface area contributed by atoms with E-state index < -0.39 is 17.7 Å². The van der Waals surface area contributed by atoms with Crippen LogP contribution in [0.1, 0.15) is 23.6 Å². The number of aliphatic hydroxyl groups excluding tert-OH is 1. The van der Waals surface area contributed by atoms with E-state index in [2.05, 4.69) is 4.98 Å². The summed E-state index contributed by atoms with van der Waals surface area (Å²) in [6.07, 6.45) is 3.99. The number of benzene rings is 1. The summed E-state index contributed by atoms with van der Waals surface area (Å²) in [5, 5.41) is 10.8. The van der Waals surface area contributed by atoms with E-state index in [0.29, 0.717) is 17.7 Å². The molecule has 27 heavy (non-hydrogen) atoms. The lowest BCUT2D eigenvalue weighted by Crippen LogP contribution is -2.32. The number of likely N-dealkylation sites (tertiary alicyclic amines) is 1. The van der Waals surface area contributed by atoms with Gasteiger partial charge in [-0.3, -0.25) is 14.6 Å². The van der Waals surface area contributed by atoms with E-state index in [1.54, 1.807) is 42.7 Å². The first kappa shape index (κ1) is 18.8. The van der Waals surface area contributed by atoms with Crippen LogP contribution in [0, 0.1) is 0 Å². The first-order valence-corrected chi connectivity index (χ1v) is 8.89. The first-order chi connectivity index (χ1) is 13.0. The fourth-order valence-electron chi connectivity index (χ4n) is 3.30. The number of carbonyl (C=O) groups excluding carboxylic acids is 2. The smallest absolute Gasteiger partial charge is 0.295 e. The predicted molar refractivity (Wildman–Crippen MR) is 103 cm³/mol. The minimum absolute atomic E-state index is 0.115. The number of aliphatic hydroxyl groups is 1. The van der Waals surface area contributed by atoms with Crippen molar-refractivity contribution >= 4 is 17.4 Å². The molecule has 6 heteroatoms. The molecule has 0 unspecified atom stereocenters. The second-order valence-corrected chi connectivity index (χ2v) is 6.80. The maximum Gasteiger partial charge on any atom is 0.295 e. The fraction of sp³-hybridized carbons (Fsp3) is 0.286. The zero-order chi connectivity index (χ0) is 19.4. The molecule has 0 saturated carbocycles. The number of hydrogen-bond donors (Lipinski definition) is 1. The highest BCUT2D eigenvalue weighted by atomic mass is 16.3. The van der Waals surface area contributed by atoms with Crippen molar-refractivity contribution in [3.8, 4) is 0 Å². The van der Waals surface area contributed by atoms with Crippen molar-refractivity contribution in [1.82, 2.24) is 14.8 Å². The van der Waals surface area contributed by atoms with Gasteiger partial charge in [0.05, 0.1) is 11.6 Å². The van der Waals surface area contributed by atoms with Gasteiger partial charge in [-0.2, -0.15) is 0 Å². The Morgan fingerprint density at radius 2 is 1.89 bits per heavy atom. The number of ketones is 1. The summed E-state index contributed by atoms with van der Waals surface area (Å²) >= 11 is 0. The third kappa shape index (κ3) is 3.90. The summed E-state index contributed by atoms with van der Waals surface area (Å²) in [7, 11) is 3.92. The van der Waals surface area contributed by atoms with Crippen LogP contribution in [0.15, 0.2) is 60.4 Å². The molecule has 2 heterocycles. The monoisotopic (exact) mass is 365 g/mol. The van der Waals surface area contributed by atoms with Crippen LogP contribution in [0.4, 0.5) is 0 Å². The van der Waals surface area contributed by atoms with E-state index in [1.807, 2.05) is 31.1 Å². The Bertz CT molecular complexity index is 847. The van der Waals surface area contributed by atoms with Gasteiger partial charge in [-0.15, -0.1) is 0 Å². The average Bonchev–Trinajstić information content (AvgIpc) is 2.93. The van der Waals surface area contributed by atoms with Gasteiger partial charge < -0.3 is 14.9 Å². The molecule has 1 N–H and O–H groups in total. The Kier molecular flexibility index (Phi) is 5.66. The molecule has 6 nitrogen and oxygen atoms in total. The third-order valence-corrected chi connectivity index (χ3v) is 4.59. The molecule has 1 aromatic carbocycles. The Morgan fingerprint density at radius 3 is 2.52 bits per heavy atom. The number of rotatable bonds is 6. The Labute approximate surface area is 158 Å². The molecule has 1 amide bonds. The molecule has 2 aromatic rings. The molecule has 3 rings (SSSR count). The van der Waals surface area contributed by atoms with Crippen molar-refractivity contribution in [2.45, 2.75) is 12.5 Å². The SMILES string of the molecule is CN(C)CCCN1C(=O)C(=O)C(=C(O)c2ccccc2)[C@@H]1c1cccnc1. The highest BCUT2D eigenvalue weighted by Crippen LogP contribution is 2.39. The van der Waals surface area contributed by atoms with E-state index in [4.69, 9.17) is 0 Å². The first-order valence-electron chi connectivity index (χ1n) is 8.89. The number of aromatic nitrogens is 1. The summed E-state index contributed by atoms with van der Waals surface area (Å²) in [5.41, 5.74) is 1.33. The molecule has 0 aliphatic carbocycles. The van der Waals surface area contributed by atoms with Gasteiger partial charge in [0, 0.05) is 24.5 Å². The molecule has 1 fully saturated rings. The average molecular weight is 365 g/mol. The van der Waals surface area contributed by atoms with Crippen molar-refractivity contribution in [3.05, 3.63) is 71.6 Å². The Hall–Kier alpha value is -2.99. The molecule has 1 aliphatic rings. The topological polar surface area (TPSA) is 73.7 Å². The van der Waals surface area contributed by atoms with E-state index >= 15 is 0 Å². The van der Waals surface area contributed by atoms with Crippen molar-refractivity contribution in [2.75, 3.05) is 27.2 Å². The summed E-state index contributed by atoms with van der Waals surface area (Å²) in [6.45, 7) is 1.22. The minimum Gasteiger partial charge on any atom is -0.507 e.